The Kier molecular flexibility index (Phi) is 3.41. The highest BCUT2D eigenvalue weighted by Crippen LogP contribution is 2.12. The van der Waals surface area contributed by atoms with E-state index in [4.69, 9.17) is 0 Å². The lowest BCUT2D eigenvalue weighted by molar-refractivity contribution is -0.255. The molecule has 0 saturated heterocycles. The van der Waals surface area contributed by atoms with E-state index in [1.54, 1.807) is 24.3 Å². The van der Waals surface area contributed by atoms with Crippen LogP contribution in [0.15, 0.2) is 29.1 Å². The average Bonchev–Trinajstić information content (AvgIpc) is 2.38. The zero-order valence-electron chi connectivity index (χ0n) is 10.0. The van der Waals surface area contributed by atoms with Gasteiger partial charge in [0.05, 0.1) is 11.4 Å². The largest absolute Gasteiger partial charge is 0.543 e. The first-order valence-electron chi connectivity index (χ1n) is 5.86. The van der Waals surface area contributed by atoms with Crippen LogP contribution in [-0.4, -0.2) is 15.7 Å². The summed E-state index contributed by atoms with van der Waals surface area (Å²) in [6.45, 7) is 2.41. The zero-order chi connectivity index (χ0) is 13.1. The molecule has 1 aromatic heterocycles. The first kappa shape index (κ1) is 12.3. The Morgan fingerprint density at radius 3 is 2.61 bits per heavy atom. The van der Waals surface area contributed by atoms with Gasteiger partial charge in [-0.3, -0.25) is 4.79 Å². The van der Waals surface area contributed by atoms with E-state index in [2.05, 4.69) is 5.10 Å². The number of carboxylic acids is 1. The monoisotopic (exact) mass is 245 g/mol. The van der Waals surface area contributed by atoms with Gasteiger partial charge in [0.25, 0.3) is 5.56 Å². The molecule has 5 heteroatoms. The van der Waals surface area contributed by atoms with E-state index in [-0.39, 0.29) is 11.3 Å². The van der Waals surface area contributed by atoms with E-state index in [0.717, 1.165) is 12.8 Å². The van der Waals surface area contributed by atoms with Gasteiger partial charge in [-0.15, -0.1) is 0 Å². The van der Waals surface area contributed by atoms with Gasteiger partial charge in [-0.2, -0.15) is 5.10 Å². The summed E-state index contributed by atoms with van der Waals surface area (Å²) in [6, 6.07) is 6.55. The third kappa shape index (κ3) is 2.11. The van der Waals surface area contributed by atoms with E-state index >= 15 is 0 Å². The summed E-state index contributed by atoms with van der Waals surface area (Å²) < 4.78 is 1.21. The molecule has 0 spiro atoms. The number of fused-ring (bicyclic) bond motifs is 1. The van der Waals surface area contributed by atoms with Gasteiger partial charge in [0, 0.05) is 11.9 Å². The number of aryl methyl sites for hydroxylation is 1. The number of benzene rings is 1. The number of hydrogen-bond acceptors (Lipinski definition) is 4. The number of carbonyl (C=O) groups is 1. The number of hydrogen-bond donors (Lipinski definition) is 0. The Morgan fingerprint density at radius 1 is 1.33 bits per heavy atom. The van der Waals surface area contributed by atoms with Crippen LogP contribution in [0.25, 0.3) is 10.8 Å². The minimum Gasteiger partial charge on any atom is -0.543 e. The zero-order valence-corrected chi connectivity index (χ0v) is 10.0. The molecule has 0 radical (unpaired) electrons. The molecule has 18 heavy (non-hydrogen) atoms. The van der Waals surface area contributed by atoms with Crippen LogP contribution in [0.3, 0.4) is 0 Å². The molecule has 0 aliphatic carbocycles. The van der Waals surface area contributed by atoms with Crippen LogP contribution in [0, 0.1) is 0 Å². The van der Waals surface area contributed by atoms with E-state index in [1.807, 2.05) is 6.92 Å². The molecular formula is C13H13N2O3-. The average molecular weight is 245 g/mol. The minimum absolute atomic E-state index is 0.179. The van der Waals surface area contributed by atoms with Gasteiger partial charge in [-0.25, -0.2) is 4.68 Å². The number of carboxylic acid groups (broad SMARTS) is 1. The van der Waals surface area contributed by atoms with Crippen molar-refractivity contribution >= 4 is 16.7 Å². The summed E-state index contributed by atoms with van der Waals surface area (Å²) in [6.07, 6.45) is 1.68. The molecule has 0 aliphatic heterocycles. The molecule has 2 rings (SSSR count). The molecule has 0 unspecified atom stereocenters. The highest BCUT2D eigenvalue weighted by atomic mass is 16.4. The number of aromatic nitrogens is 2. The third-order valence-corrected chi connectivity index (χ3v) is 2.78. The van der Waals surface area contributed by atoms with Crippen molar-refractivity contribution in [2.24, 2.45) is 0 Å². The van der Waals surface area contributed by atoms with E-state index < -0.39 is 5.97 Å². The van der Waals surface area contributed by atoms with Crippen LogP contribution in [0.1, 0.15) is 30.3 Å². The van der Waals surface area contributed by atoms with Gasteiger partial charge in [-0.1, -0.05) is 31.5 Å². The maximum atomic E-state index is 12.1. The fourth-order valence-electron chi connectivity index (χ4n) is 1.85. The van der Waals surface area contributed by atoms with Crippen molar-refractivity contribution in [2.75, 3.05) is 0 Å². The smallest absolute Gasteiger partial charge is 0.274 e. The molecule has 1 heterocycles. The second-order valence-electron chi connectivity index (χ2n) is 4.06. The van der Waals surface area contributed by atoms with Gasteiger partial charge in [0.1, 0.15) is 5.69 Å². The van der Waals surface area contributed by atoms with Crippen molar-refractivity contribution < 1.29 is 9.90 Å². The van der Waals surface area contributed by atoms with E-state index in [0.29, 0.717) is 17.3 Å². The fourth-order valence-corrected chi connectivity index (χ4v) is 1.85. The summed E-state index contributed by atoms with van der Waals surface area (Å²) in [7, 11) is 0. The fraction of sp³-hybridized carbons (Fsp3) is 0.308. The summed E-state index contributed by atoms with van der Waals surface area (Å²) in [5.41, 5.74) is -0.439. The number of unbranched alkanes of at least 4 members (excludes halogenated alkanes) is 1. The molecule has 0 atom stereocenters. The lowest BCUT2D eigenvalue weighted by atomic mass is 10.1. The standard InChI is InChI=1S/C13H14N2O3/c1-2-3-8-15-12(16)10-7-5-4-6-9(10)11(14-15)13(17)18/h4-7H,2-3,8H2,1H3,(H,17,18)/p-1. The Hall–Kier alpha value is -2.17. The van der Waals surface area contributed by atoms with Gasteiger partial charge < -0.3 is 9.90 Å². The first-order valence-corrected chi connectivity index (χ1v) is 5.86. The van der Waals surface area contributed by atoms with E-state index in [1.165, 1.54) is 4.68 Å². The Labute approximate surface area is 104 Å². The Morgan fingerprint density at radius 2 is 2.00 bits per heavy atom. The summed E-state index contributed by atoms with van der Waals surface area (Å²) in [5.74, 6) is -1.36. The predicted octanol–water partition coefficient (Wildman–Crippen LogP) is 0.560. The van der Waals surface area contributed by atoms with Crippen molar-refractivity contribution in [1.82, 2.24) is 9.78 Å². The van der Waals surface area contributed by atoms with Crippen molar-refractivity contribution in [2.45, 2.75) is 26.3 Å². The number of aromatic carboxylic acids is 1. The Balaban J connectivity index is 2.71. The number of rotatable bonds is 4. The predicted molar refractivity (Wildman–Crippen MR) is 65.2 cm³/mol. The number of carbonyl (C=O) groups excluding carboxylic acids is 1. The minimum atomic E-state index is -1.36. The van der Waals surface area contributed by atoms with Crippen LogP contribution in [0.2, 0.25) is 0 Å². The summed E-state index contributed by atoms with van der Waals surface area (Å²) >= 11 is 0. The highest BCUT2D eigenvalue weighted by Gasteiger charge is 2.10. The SMILES string of the molecule is CCCCn1nc(C(=O)[O-])c2ccccc2c1=O. The van der Waals surface area contributed by atoms with Gasteiger partial charge in [0.15, 0.2) is 0 Å². The van der Waals surface area contributed by atoms with Crippen LogP contribution in [-0.2, 0) is 6.54 Å². The molecule has 1 aromatic carbocycles. The second-order valence-corrected chi connectivity index (χ2v) is 4.06. The molecule has 0 amide bonds. The molecule has 2 aromatic rings. The molecule has 0 fully saturated rings. The first-order chi connectivity index (χ1) is 8.65. The van der Waals surface area contributed by atoms with Crippen LogP contribution < -0.4 is 10.7 Å². The second kappa shape index (κ2) is 5.00. The van der Waals surface area contributed by atoms with Crippen molar-refractivity contribution in [3.8, 4) is 0 Å². The molecule has 0 bridgehead atoms. The molecule has 0 N–H and O–H groups in total. The normalized spacial score (nSPS) is 10.7. The van der Waals surface area contributed by atoms with Gasteiger partial charge in [0.2, 0.25) is 0 Å². The maximum absolute atomic E-state index is 12.1. The Bertz CT molecular complexity index is 646. The lowest BCUT2D eigenvalue weighted by Crippen LogP contribution is -2.31. The van der Waals surface area contributed by atoms with Crippen molar-refractivity contribution in [3.63, 3.8) is 0 Å². The van der Waals surface area contributed by atoms with Gasteiger partial charge >= 0.3 is 0 Å². The number of nitrogens with zero attached hydrogens (tertiary/aromatic N) is 2. The molecule has 0 aliphatic rings. The highest BCUT2D eigenvalue weighted by molar-refractivity contribution is 6.00. The summed E-state index contributed by atoms with van der Waals surface area (Å²) in [4.78, 5) is 23.2. The summed E-state index contributed by atoms with van der Waals surface area (Å²) in [5, 5.41) is 15.6. The molecule has 5 nitrogen and oxygen atoms in total. The maximum Gasteiger partial charge on any atom is 0.274 e. The van der Waals surface area contributed by atoms with Crippen LogP contribution in [0.5, 0.6) is 0 Å². The molecule has 0 saturated carbocycles. The molecular weight excluding hydrogens is 232 g/mol. The topological polar surface area (TPSA) is 75.0 Å². The third-order valence-electron chi connectivity index (χ3n) is 2.78. The lowest BCUT2D eigenvalue weighted by Gasteiger charge is -2.10. The quantitative estimate of drug-likeness (QED) is 0.788. The van der Waals surface area contributed by atoms with E-state index in [9.17, 15) is 14.7 Å². The van der Waals surface area contributed by atoms with Crippen molar-refractivity contribution in [3.05, 3.63) is 40.3 Å². The molecule has 94 valence electrons. The van der Waals surface area contributed by atoms with Crippen LogP contribution >= 0.6 is 0 Å². The van der Waals surface area contributed by atoms with Crippen molar-refractivity contribution in [1.29, 1.82) is 0 Å². The van der Waals surface area contributed by atoms with Crippen LogP contribution in [0.4, 0.5) is 0 Å². The van der Waals surface area contributed by atoms with Gasteiger partial charge in [-0.05, 0) is 12.5 Å².